The summed E-state index contributed by atoms with van der Waals surface area (Å²) >= 11 is 3.43. The smallest absolute Gasteiger partial charge is 0.259 e. The Labute approximate surface area is 178 Å². The number of aromatic nitrogens is 3. The van der Waals surface area contributed by atoms with Crippen molar-refractivity contribution in [2.24, 2.45) is 0 Å². The van der Waals surface area contributed by atoms with Gasteiger partial charge in [-0.25, -0.2) is 9.67 Å². The van der Waals surface area contributed by atoms with Crippen LogP contribution in [0.4, 0.5) is 11.5 Å². The van der Waals surface area contributed by atoms with Crippen molar-refractivity contribution in [3.05, 3.63) is 64.5 Å². The molecule has 0 bridgehead atoms. The van der Waals surface area contributed by atoms with Gasteiger partial charge in [0.15, 0.2) is 0 Å². The number of hydrogen-bond acceptors (Lipinski definition) is 5. The molecular formula is C21H23BrN6O. The van der Waals surface area contributed by atoms with E-state index in [4.69, 9.17) is 0 Å². The van der Waals surface area contributed by atoms with Crippen molar-refractivity contribution >= 4 is 33.3 Å². The molecule has 0 spiro atoms. The summed E-state index contributed by atoms with van der Waals surface area (Å²) in [6.45, 7) is 5.87. The first-order chi connectivity index (χ1) is 14.0. The van der Waals surface area contributed by atoms with Gasteiger partial charge in [-0.1, -0.05) is 15.9 Å². The standard InChI is InChI=1S/C21H23BrN6O/c1-15-19(14-24-28(15)18-6-3-16(22)4-7-18)21(29)25-17-5-8-20(23-13-17)27-11-9-26(2)10-12-27/h3-8,13-14H,9-12H2,1-2H3,(H,25,29). The number of likely N-dealkylation sites (N-methyl/N-ethyl adjacent to an activating group) is 1. The number of hydrogen-bond donors (Lipinski definition) is 1. The van der Waals surface area contributed by atoms with Gasteiger partial charge in [0, 0.05) is 30.7 Å². The van der Waals surface area contributed by atoms with E-state index in [2.05, 4.69) is 48.2 Å². The molecule has 7 nitrogen and oxygen atoms in total. The minimum atomic E-state index is -0.194. The number of anilines is 2. The van der Waals surface area contributed by atoms with Crippen molar-refractivity contribution in [2.75, 3.05) is 43.4 Å². The topological polar surface area (TPSA) is 66.3 Å². The molecule has 1 N–H and O–H groups in total. The second-order valence-electron chi connectivity index (χ2n) is 7.18. The molecule has 150 valence electrons. The maximum absolute atomic E-state index is 12.7. The van der Waals surface area contributed by atoms with Gasteiger partial charge in [-0.2, -0.15) is 5.10 Å². The normalized spacial score (nSPS) is 14.8. The molecule has 1 aliphatic rings. The average Bonchev–Trinajstić information content (AvgIpc) is 3.11. The molecule has 1 saturated heterocycles. The minimum absolute atomic E-state index is 0.194. The van der Waals surface area contributed by atoms with E-state index in [0.717, 1.165) is 47.9 Å². The van der Waals surface area contributed by atoms with E-state index < -0.39 is 0 Å². The fraction of sp³-hybridized carbons (Fsp3) is 0.286. The number of piperazine rings is 1. The lowest BCUT2D eigenvalue weighted by molar-refractivity contribution is 0.102. The van der Waals surface area contributed by atoms with Crippen LogP contribution in [-0.4, -0.2) is 58.8 Å². The van der Waals surface area contributed by atoms with Gasteiger partial charge in [0.25, 0.3) is 5.91 Å². The Bertz CT molecular complexity index is 991. The summed E-state index contributed by atoms with van der Waals surface area (Å²) in [7, 11) is 2.13. The third kappa shape index (κ3) is 4.33. The van der Waals surface area contributed by atoms with E-state index in [1.165, 1.54) is 0 Å². The van der Waals surface area contributed by atoms with Crippen LogP contribution in [0, 0.1) is 6.92 Å². The van der Waals surface area contributed by atoms with Gasteiger partial charge < -0.3 is 15.1 Å². The van der Waals surface area contributed by atoms with E-state index >= 15 is 0 Å². The summed E-state index contributed by atoms with van der Waals surface area (Å²) < 4.78 is 2.76. The van der Waals surface area contributed by atoms with Crippen molar-refractivity contribution in [3.63, 3.8) is 0 Å². The molecule has 0 saturated carbocycles. The SMILES string of the molecule is Cc1c(C(=O)Nc2ccc(N3CCN(C)CC3)nc2)cnn1-c1ccc(Br)cc1. The summed E-state index contributed by atoms with van der Waals surface area (Å²) in [4.78, 5) is 21.8. The molecule has 1 aromatic carbocycles. The second kappa shape index (κ2) is 8.34. The van der Waals surface area contributed by atoms with Gasteiger partial charge in [-0.15, -0.1) is 0 Å². The molecule has 8 heteroatoms. The summed E-state index contributed by atoms with van der Waals surface area (Å²) in [6, 6.07) is 11.7. The number of carbonyl (C=O) groups is 1. The molecule has 3 aromatic rings. The molecule has 4 rings (SSSR count). The van der Waals surface area contributed by atoms with Crippen LogP contribution in [0.15, 0.2) is 53.3 Å². The third-order valence-electron chi connectivity index (χ3n) is 5.16. The van der Waals surface area contributed by atoms with Crippen LogP contribution in [0.1, 0.15) is 16.1 Å². The van der Waals surface area contributed by atoms with Crippen LogP contribution in [-0.2, 0) is 0 Å². The number of halogens is 1. The Morgan fingerprint density at radius 1 is 1.03 bits per heavy atom. The quantitative estimate of drug-likeness (QED) is 0.654. The van der Waals surface area contributed by atoms with E-state index in [0.29, 0.717) is 11.3 Å². The maximum Gasteiger partial charge on any atom is 0.259 e. The highest BCUT2D eigenvalue weighted by Gasteiger charge is 2.17. The number of benzene rings is 1. The van der Waals surface area contributed by atoms with Crippen molar-refractivity contribution in [2.45, 2.75) is 6.92 Å². The van der Waals surface area contributed by atoms with E-state index in [9.17, 15) is 4.79 Å². The van der Waals surface area contributed by atoms with Crippen LogP contribution < -0.4 is 10.2 Å². The van der Waals surface area contributed by atoms with Gasteiger partial charge in [0.1, 0.15) is 5.82 Å². The van der Waals surface area contributed by atoms with Crippen LogP contribution in [0.2, 0.25) is 0 Å². The Kier molecular flexibility index (Phi) is 5.64. The lowest BCUT2D eigenvalue weighted by atomic mass is 10.2. The number of rotatable bonds is 4. The number of nitrogens with zero attached hydrogens (tertiary/aromatic N) is 5. The molecular weight excluding hydrogens is 432 g/mol. The van der Waals surface area contributed by atoms with Gasteiger partial charge in [0.05, 0.1) is 35.0 Å². The molecule has 1 aliphatic heterocycles. The summed E-state index contributed by atoms with van der Waals surface area (Å²) in [5.41, 5.74) is 2.90. The highest BCUT2D eigenvalue weighted by atomic mass is 79.9. The van der Waals surface area contributed by atoms with Crippen molar-refractivity contribution < 1.29 is 4.79 Å². The molecule has 0 unspecified atom stereocenters. The molecule has 1 fully saturated rings. The van der Waals surface area contributed by atoms with E-state index in [-0.39, 0.29) is 5.91 Å². The summed E-state index contributed by atoms with van der Waals surface area (Å²) in [5, 5.41) is 7.30. The Hall–Kier alpha value is -2.71. The van der Waals surface area contributed by atoms with Crippen LogP contribution in [0.5, 0.6) is 0 Å². The zero-order chi connectivity index (χ0) is 20.4. The molecule has 0 aliphatic carbocycles. The van der Waals surface area contributed by atoms with E-state index in [1.54, 1.807) is 17.1 Å². The van der Waals surface area contributed by atoms with Crippen LogP contribution in [0.25, 0.3) is 5.69 Å². The highest BCUT2D eigenvalue weighted by molar-refractivity contribution is 9.10. The molecule has 2 aromatic heterocycles. The summed E-state index contributed by atoms with van der Waals surface area (Å²) in [5.74, 6) is 0.746. The molecule has 3 heterocycles. The van der Waals surface area contributed by atoms with E-state index in [1.807, 2.05) is 43.3 Å². The zero-order valence-corrected chi connectivity index (χ0v) is 18.1. The largest absolute Gasteiger partial charge is 0.354 e. The average molecular weight is 455 g/mol. The first kappa shape index (κ1) is 19.6. The second-order valence-corrected chi connectivity index (χ2v) is 8.10. The van der Waals surface area contributed by atoms with Crippen molar-refractivity contribution in [3.8, 4) is 5.69 Å². The maximum atomic E-state index is 12.7. The first-order valence-corrected chi connectivity index (χ1v) is 10.3. The summed E-state index contributed by atoms with van der Waals surface area (Å²) in [6.07, 6.45) is 3.30. The van der Waals surface area contributed by atoms with Crippen molar-refractivity contribution in [1.82, 2.24) is 19.7 Å². The molecule has 29 heavy (non-hydrogen) atoms. The lowest BCUT2D eigenvalue weighted by Gasteiger charge is -2.33. The predicted octanol–water partition coefficient (Wildman–Crippen LogP) is 3.34. The minimum Gasteiger partial charge on any atom is -0.354 e. The lowest BCUT2D eigenvalue weighted by Crippen LogP contribution is -2.44. The van der Waals surface area contributed by atoms with Gasteiger partial charge in [0.2, 0.25) is 0 Å². The van der Waals surface area contributed by atoms with Gasteiger partial charge in [-0.05, 0) is 50.4 Å². The number of amides is 1. The van der Waals surface area contributed by atoms with Crippen LogP contribution in [0.3, 0.4) is 0 Å². The fourth-order valence-corrected chi connectivity index (χ4v) is 3.62. The Morgan fingerprint density at radius 2 is 1.76 bits per heavy atom. The van der Waals surface area contributed by atoms with Crippen LogP contribution >= 0.6 is 15.9 Å². The van der Waals surface area contributed by atoms with Gasteiger partial charge >= 0.3 is 0 Å². The fourth-order valence-electron chi connectivity index (χ4n) is 3.36. The highest BCUT2D eigenvalue weighted by Crippen LogP contribution is 2.19. The zero-order valence-electron chi connectivity index (χ0n) is 16.5. The van der Waals surface area contributed by atoms with Gasteiger partial charge in [-0.3, -0.25) is 4.79 Å². The number of carbonyl (C=O) groups excluding carboxylic acids is 1. The predicted molar refractivity (Wildman–Crippen MR) is 118 cm³/mol. The Balaban J connectivity index is 1.45. The number of pyridine rings is 1. The molecule has 1 amide bonds. The monoisotopic (exact) mass is 454 g/mol. The van der Waals surface area contributed by atoms with Crippen molar-refractivity contribution in [1.29, 1.82) is 0 Å². The first-order valence-electron chi connectivity index (χ1n) is 9.53. The molecule has 0 atom stereocenters. The number of nitrogens with one attached hydrogen (secondary N) is 1. The molecule has 0 radical (unpaired) electrons. The Morgan fingerprint density at radius 3 is 2.41 bits per heavy atom. The third-order valence-corrected chi connectivity index (χ3v) is 5.69.